The molecule has 0 aliphatic heterocycles. The van der Waals surface area contributed by atoms with E-state index < -0.39 is 0 Å². The maximum atomic E-state index is 8.80. The summed E-state index contributed by atoms with van der Waals surface area (Å²) in [7, 11) is 0. The molecule has 0 saturated carbocycles. The van der Waals surface area contributed by atoms with Gasteiger partial charge in [-0.05, 0) is 19.1 Å². The van der Waals surface area contributed by atoms with Crippen LogP contribution in [-0.4, -0.2) is 5.21 Å². The first-order valence-corrected chi connectivity index (χ1v) is 3.98. The number of aryl methyl sites for hydroxylation is 1. The van der Waals surface area contributed by atoms with E-state index in [1.54, 1.807) is 6.26 Å². The molecule has 0 unspecified atom stereocenters. The van der Waals surface area contributed by atoms with Crippen LogP contribution in [0.2, 0.25) is 0 Å². The minimum Gasteiger partial charge on any atom is -0.464 e. The molecule has 0 bridgehead atoms. The second-order valence-electron chi connectivity index (χ2n) is 2.86. The molecule has 13 heavy (non-hydrogen) atoms. The van der Waals surface area contributed by atoms with Crippen molar-refractivity contribution in [2.75, 3.05) is 0 Å². The quantitative estimate of drug-likeness (QED) is 0.492. The van der Waals surface area contributed by atoms with Gasteiger partial charge in [-0.1, -0.05) is 17.3 Å². The zero-order valence-corrected chi connectivity index (χ0v) is 7.19. The second-order valence-corrected chi connectivity index (χ2v) is 2.86. The highest BCUT2D eigenvalue weighted by atomic mass is 16.4. The van der Waals surface area contributed by atoms with Gasteiger partial charge in [-0.2, -0.15) is 0 Å². The molecule has 3 heteroatoms. The molecule has 0 spiro atoms. The molecule has 3 nitrogen and oxygen atoms in total. The molecule has 2 rings (SSSR count). The first kappa shape index (κ1) is 7.86. The summed E-state index contributed by atoms with van der Waals surface area (Å²) >= 11 is 0. The normalized spacial score (nSPS) is 12.2. The molecule has 0 atom stereocenters. The standard InChI is InChI=1S/C10H9NO2/c1-7-6-13-9-5-3-2-4-8(9)10(7)11-12/h2-6,12H,1H3/b11-10+. The van der Waals surface area contributed by atoms with E-state index in [1.165, 1.54) is 0 Å². The van der Waals surface area contributed by atoms with E-state index in [0.29, 0.717) is 5.36 Å². The summed E-state index contributed by atoms with van der Waals surface area (Å²) in [6, 6.07) is 7.46. The Labute approximate surface area is 74.9 Å². The minimum absolute atomic E-state index is 0.571. The lowest BCUT2D eigenvalue weighted by Gasteiger charge is -1.98. The smallest absolute Gasteiger partial charge is 0.136 e. The number of para-hydroxylation sites is 1. The number of rotatable bonds is 0. The summed E-state index contributed by atoms with van der Waals surface area (Å²) in [5.41, 5.74) is 1.54. The van der Waals surface area contributed by atoms with Gasteiger partial charge in [0.1, 0.15) is 10.9 Å². The van der Waals surface area contributed by atoms with Crippen LogP contribution in [-0.2, 0) is 0 Å². The molecule has 0 aliphatic carbocycles. The average molecular weight is 175 g/mol. The summed E-state index contributed by atoms with van der Waals surface area (Å²) in [6.07, 6.45) is 1.58. The number of benzene rings is 1. The van der Waals surface area contributed by atoms with E-state index in [4.69, 9.17) is 9.62 Å². The van der Waals surface area contributed by atoms with Crippen LogP contribution in [0.25, 0.3) is 11.0 Å². The first-order valence-electron chi connectivity index (χ1n) is 3.98. The van der Waals surface area contributed by atoms with Crippen LogP contribution in [0.5, 0.6) is 0 Å². The van der Waals surface area contributed by atoms with E-state index in [2.05, 4.69) is 5.16 Å². The highest BCUT2D eigenvalue weighted by Gasteiger charge is 1.99. The minimum atomic E-state index is 0.571. The summed E-state index contributed by atoms with van der Waals surface area (Å²) in [4.78, 5) is 0. The van der Waals surface area contributed by atoms with Crippen LogP contribution in [0.3, 0.4) is 0 Å². The van der Waals surface area contributed by atoms with E-state index in [1.807, 2.05) is 31.2 Å². The fraction of sp³-hybridized carbons (Fsp3) is 0.100. The zero-order chi connectivity index (χ0) is 9.26. The number of nitrogens with zero attached hydrogens (tertiary/aromatic N) is 1. The Morgan fingerprint density at radius 3 is 2.85 bits per heavy atom. The van der Waals surface area contributed by atoms with Crippen LogP contribution in [0.1, 0.15) is 5.56 Å². The molecule has 0 radical (unpaired) electrons. The van der Waals surface area contributed by atoms with Crippen molar-refractivity contribution in [1.29, 1.82) is 0 Å². The molecule has 1 aromatic heterocycles. The van der Waals surface area contributed by atoms with Crippen molar-refractivity contribution in [1.82, 2.24) is 0 Å². The Hall–Kier alpha value is -1.77. The van der Waals surface area contributed by atoms with Gasteiger partial charge in [-0.15, -0.1) is 0 Å². The molecule has 0 fully saturated rings. The van der Waals surface area contributed by atoms with E-state index in [0.717, 1.165) is 16.5 Å². The largest absolute Gasteiger partial charge is 0.464 e. The molecular formula is C10H9NO2. The Kier molecular flexibility index (Phi) is 1.77. The third-order valence-corrected chi connectivity index (χ3v) is 1.98. The van der Waals surface area contributed by atoms with E-state index in [9.17, 15) is 0 Å². The lowest BCUT2D eigenvalue weighted by atomic mass is 10.2. The van der Waals surface area contributed by atoms with Gasteiger partial charge < -0.3 is 9.62 Å². The SMILES string of the molecule is Cc1coc2ccccc2/c1=N/O. The zero-order valence-electron chi connectivity index (χ0n) is 7.19. The maximum Gasteiger partial charge on any atom is 0.136 e. The molecule has 1 heterocycles. The van der Waals surface area contributed by atoms with Crippen LogP contribution in [0.15, 0.2) is 40.1 Å². The molecule has 0 saturated heterocycles. The van der Waals surface area contributed by atoms with Crippen molar-refractivity contribution in [3.63, 3.8) is 0 Å². The topological polar surface area (TPSA) is 45.7 Å². The van der Waals surface area contributed by atoms with Crippen LogP contribution >= 0.6 is 0 Å². The first-order chi connectivity index (χ1) is 6.33. The second kappa shape index (κ2) is 2.94. The molecular weight excluding hydrogens is 166 g/mol. The predicted molar refractivity (Wildman–Crippen MR) is 48.3 cm³/mol. The number of hydrogen-bond acceptors (Lipinski definition) is 3. The Morgan fingerprint density at radius 1 is 1.31 bits per heavy atom. The molecule has 66 valence electrons. The summed E-state index contributed by atoms with van der Waals surface area (Å²) in [5.74, 6) is 0. The average Bonchev–Trinajstić information content (AvgIpc) is 2.18. The monoisotopic (exact) mass is 175 g/mol. The van der Waals surface area contributed by atoms with Gasteiger partial charge in [-0.25, -0.2) is 0 Å². The summed E-state index contributed by atoms with van der Waals surface area (Å²) < 4.78 is 5.31. The van der Waals surface area contributed by atoms with Gasteiger partial charge in [0.25, 0.3) is 0 Å². The molecule has 2 aromatic rings. The van der Waals surface area contributed by atoms with Gasteiger partial charge in [0.05, 0.1) is 6.26 Å². The summed E-state index contributed by atoms with van der Waals surface area (Å²) in [6.45, 7) is 1.84. The Balaban J connectivity index is 3.01. The van der Waals surface area contributed by atoms with Gasteiger partial charge >= 0.3 is 0 Å². The lowest BCUT2D eigenvalue weighted by molar-refractivity contribution is 0.302. The molecule has 1 aromatic carbocycles. The van der Waals surface area contributed by atoms with Crippen LogP contribution < -0.4 is 5.36 Å². The predicted octanol–water partition coefficient (Wildman–Crippen LogP) is 2.03. The van der Waals surface area contributed by atoms with Crippen LogP contribution in [0.4, 0.5) is 0 Å². The third kappa shape index (κ3) is 1.18. The van der Waals surface area contributed by atoms with Gasteiger partial charge in [0, 0.05) is 10.9 Å². The maximum absolute atomic E-state index is 8.80. The van der Waals surface area contributed by atoms with E-state index >= 15 is 0 Å². The van der Waals surface area contributed by atoms with Crippen molar-refractivity contribution in [3.05, 3.63) is 41.4 Å². The van der Waals surface area contributed by atoms with Gasteiger partial charge in [0.2, 0.25) is 0 Å². The van der Waals surface area contributed by atoms with Gasteiger partial charge in [-0.3, -0.25) is 0 Å². The van der Waals surface area contributed by atoms with Gasteiger partial charge in [0.15, 0.2) is 0 Å². The Bertz CT molecular complexity index is 499. The third-order valence-electron chi connectivity index (χ3n) is 1.98. The van der Waals surface area contributed by atoms with Crippen molar-refractivity contribution < 1.29 is 9.62 Å². The lowest BCUT2D eigenvalue weighted by Crippen LogP contribution is -2.06. The molecule has 1 N–H and O–H groups in total. The van der Waals surface area contributed by atoms with Crippen molar-refractivity contribution in [2.24, 2.45) is 5.16 Å². The highest BCUT2D eigenvalue weighted by molar-refractivity contribution is 5.76. The van der Waals surface area contributed by atoms with Crippen molar-refractivity contribution >= 4 is 11.0 Å². The van der Waals surface area contributed by atoms with Crippen molar-refractivity contribution in [2.45, 2.75) is 6.92 Å². The highest BCUT2D eigenvalue weighted by Crippen LogP contribution is 2.09. The van der Waals surface area contributed by atoms with E-state index in [-0.39, 0.29) is 0 Å². The summed E-state index contributed by atoms with van der Waals surface area (Å²) in [5, 5.41) is 13.4. The number of hydrogen-bond donors (Lipinski definition) is 1. The fourth-order valence-electron chi connectivity index (χ4n) is 1.32. The Morgan fingerprint density at radius 2 is 2.08 bits per heavy atom. The molecule has 0 aliphatic rings. The fourth-order valence-corrected chi connectivity index (χ4v) is 1.32. The number of fused-ring (bicyclic) bond motifs is 1. The van der Waals surface area contributed by atoms with Crippen molar-refractivity contribution in [3.8, 4) is 0 Å². The molecule has 0 amide bonds. The van der Waals surface area contributed by atoms with Crippen LogP contribution in [0, 0.1) is 6.92 Å².